The summed E-state index contributed by atoms with van der Waals surface area (Å²) in [6, 6.07) is 16.5. The lowest BCUT2D eigenvalue weighted by atomic mass is 10.3. The molecule has 0 fully saturated rings. The van der Waals surface area contributed by atoms with E-state index in [1.165, 1.54) is 6.08 Å². The molecule has 0 N–H and O–H groups in total. The third-order valence-electron chi connectivity index (χ3n) is 3.08. The van der Waals surface area contributed by atoms with Crippen LogP contribution < -0.4 is 4.74 Å². The van der Waals surface area contributed by atoms with Gasteiger partial charge in [0.15, 0.2) is 0 Å². The fourth-order valence-electron chi connectivity index (χ4n) is 1.98. The van der Waals surface area contributed by atoms with Crippen LogP contribution in [0.4, 0.5) is 0 Å². The first-order valence-corrected chi connectivity index (χ1v) is 7.35. The zero-order chi connectivity index (χ0) is 16.1. The summed E-state index contributed by atoms with van der Waals surface area (Å²) >= 11 is 5.94. The van der Waals surface area contributed by atoms with Crippen molar-refractivity contribution in [3.8, 4) is 11.4 Å². The van der Waals surface area contributed by atoms with E-state index < -0.39 is 5.97 Å². The Kier molecular flexibility index (Phi) is 4.54. The van der Waals surface area contributed by atoms with E-state index >= 15 is 0 Å². The minimum Gasteiger partial charge on any atom is -0.422 e. The van der Waals surface area contributed by atoms with Gasteiger partial charge in [0.05, 0.1) is 16.9 Å². The first kappa shape index (κ1) is 15.1. The zero-order valence-electron chi connectivity index (χ0n) is 12.1. The fraction of sp³-hybridized carbons (Fsp3) is 0. The van der Waals surface area contributed by atoms with Gasteiger partial charge in [-0.15, -0.1) is 0 Å². The summed E-state index contributed by atoms with van der Waals surface area (Å²) in [6.07, 6.45) is 6.49. The number of carbonyl (C=O) groups excluding carboxylic acids is 1. The van der Waals surface area contributed by atoms with Crippen molar-refractivity contribution in [1.29, 1.82) is 0 Å². The van der Waals surface area contributed by atoms with E-state index in [1.807, 2.05) is 36.5 Å². The number of hydrogen-bond donors (Lipinski definition) is 0. The largest absolute Gasteiger partial charge is 0.422 e. The molecule has 2 aromatic carbocycles. The molecule has 0 saturated heterocycles. The van der Waals surface area contributed by atoms with Crippen LogP contribution in [0.15, 0.2) is 73.1 Å². The number of halogens is 1. The average Bonchev–Trinajstić information content (AvgIpc) is 3.05. The van der Waals surface area contributed by atoms with E-state index in [4.69, 9.17) is 16.3 Å². The second-order valence-corrected chi connectivity index (χ2v) is 5.15. The quantitative estimate of drug-likeness (QED) is 0.411. The Balaban J connectivity index is 1.68. The van der Waals surface area contributed by atoms with Crippen molar-refractivity contribution in [2.45, 2.75) is 0 Å². The van der Waals surface area contributed by atoms with Gasteiger partial charge in [-0.2, -0.15) is 5.10 Å². The van der Waals surface area contributed by atoms with Crippen LogP contribution in [-0.2, 0) is 4.79 Å². The molecular weight excluding hydrogens is 312 g/mol. The predicted octanol–water partition coefficient (Wildman–Crippen LogP) is 4.14. The molecule has 1 aromatic heterocycles. The van der Waals surface area contributed by atoms with E-state index in [0.717, 1.165) is 11.3 Å². The van der Waals surface area contributed by atoms with Crippen LogP contribution in [0.5, 0.6) is 5.75 Å². The first-order valence-electron chi connectivity index (χ1n) is 6.97. The van der Waals surface area contributed by atoms with Crippen LogP contribution in [0.1, 0.15) is 5.56 Å². The molecule has 4 nitrogen and oxygen atoms in total. The third-order valence-corrected chi connectivity index (χ3v) is 3.39. The first-order chi connectivity index (χ1) is 11.2. The Bertz CT molecular complexity index is 841. The number of benzene rings is 2. The molecule has 0 aliphatic heterocycles. The lowest BCUT2D eigenvalue weighted by Gasteiger charge is -2.02. The Labute approximate surface area is 138 Å². The molecule has 1 heterocycles. The molecule has 0 radical (unpaired) electrons. The molecule has 0 unspecified atom stereocenters. The molecule has 0 aliphatic rings. The molecule has 0 atom stereocenters. The summed E-state index contributed by atoms with van der Waals surface area (Å²) in [7, 11) is 0. The highest BCUT2D eigenvalue weighted by Gasteiger charge is 2.05. The topological polar surface area (TPSA) is 44.1 Å². The standard InChI is InChI=1S/C18H13ClN2O2/c19-16-8-4-5-9-17(16)23-18(22)11-10-14-12-20-21(13-14)15-6-2-1-3-7-15/h1-13H/b11-10+. The number of carbonyl (C=O) groups is 1. The van der Waals surface area contributed by atoms with E-state index in [9.17, 15) is 4.79 Å². The van der Waals surface area contributed by atoms with Gasteiger partial charge in [0.2, 0.25) is 0 Å². The maximum atomic E-state index is 11.8. The maximum Gasteiger partial charge on any atom is 0.336 e. The summed E-state index contributed by atoms with van der Waals surface area (Å²) in [4.78, 5) is 11.8. The van der Waals surface area contributed by atoms with Crippen LogP contribution in [0.25, 0.3) is 11.8 Å². The minimum atomic E-state index is -0.495. The number of esters is 1. The Hall–Kier alpha value is -2.85. The summed E-state index contributed by atoms with van der Waals surface area (Å²) in [5.74, 6) is -0.158. The molecule has 5 heteroatoms. The third kappa shape index (κ3) is 3.87. The molecule has 0 saturated carbocycles. The molecule has 0 amide bonds. The van der Waals surface area contributed by atoms with Gasteiger partial charge in [-0.05, 0) is 30.3 Å². The van der Waals surface area contributed by atoms with Gasteiger partial charge < -0.3 is 4.74 Å². The van der Waals surface area contributed by atoms with Gasteiger partial charge in [-0.3, -0.25) is 0 Å². The molecule has 0 aliphatic carbocycles. The Morgan fingerprint density at radius 3 is 2.61 bits per heavy atom. The summed E-state index contributed by atoms with van der Waals surface area (Å²) in [6.45, 7) is 0. The number of rotatable bonds is 4. The van der Waals surface area contributed by atoms with Gasteiger partial charge in [0.1, 0.15) is 5.75 Å². The van der Waals surface area contributed by atoms with Crippen molar-refractivity contribution in [3.05, 3.63) is 83.7 Å². The van der Waals surface area contributed by atoms with Crippen molar-refractivity contribution in [2.24, 2.45) is 0 Å². The number of para-hydroxylation sites is 2. The second-order valence-electron chi connectivity index (χ2n) is 4.74. The highest BCUT2D eigenvalue weighted by molar-refractivity contribution is 6.32. The van der Waals surface area contributed by atoms with Crippen molar-refractivity contribution in [2.75, 3.05) is 0 Å². The van der Waals surface area contributed by atoms with E-state index in [2.05, 4.69) is 5.10 Å². The lowest BCUT2D eigenvalue weighted by molar-refractivity contribution is -0.128. The van der Waals surface area contributed by atoms with Crippen LogP contribution in [0.2, 0.25) is 5.02 Å². The fourth-order valence-corrected chi connectivity index (χ4v) is 2.15. The van der Waals surface area contributed by atoms with Gasteiger partial charge in [0, 0.05) is 17.8 Å². The summed E-state index contributed by atoms with van der Waals surface area (Å²) in [5, 5.41) is 4.65. The van der Waals surface area contributed by atoms with Crippen LogP contribution in [0.3, 0.4) is 0 Å². The highest BCUT2D eigenvalue weighted by atomic mass is 35.5. The van der Waals surface area contributed by atoms with E-state index in [1.54, 1.807) is 41.2 Å². The van der Waals surface area contributed by atoms with E-state index in [0.29, 0.717) is 10.8 Å². The monoisotopic (exact) mass is 324 g/mol. The lowest BCUT2D eigenvalue weighted by Crippen LogP contribution is -2.03. The summed E-state index contributed by atoms with van der Waals surface area (Å²) < 4.78 is 6.91. The van der Waals surface area contributed by atoms with Crippen LogP contribution in [0, 0.1) is 0 Å². The number of nitrogens with zero attached hydrogens (tertiary/aromatic N) is 2. The molecule has 23 heavy (non-hydrogen) atoms. The van der Waals surface area contributed by atoms with Gasteiger partial charge >= 0.3 is 5.97 Å². The Morgan fingerprint density at radius 1 is 1.09 bits per heavy atom. The highest BCUT2D eigenvalue weighted by Crippen LogP contribution is 2.23. The van der Waals surface area contributed by atoms with Crippen molar-refractivity contribution in [1.82, 2.24) is 9.78 Å². The van der Waals surface area contributed by atoms with Gasteiger partial charge in [-0.1, -0.05) is 41.9 Å². The van der Waals surface area contributed by atoms with Gasteiger partial charge in [0.25, 0.3) is 0 Å². The average molecular weight is 325 g/mol. The molecule has 0 spiro atoms. The normalized spacial score (nSPS) is 10.8. The number of aromatic nitrogens is 2. The Morgan fingerprint density at radius 2 is 1.83 bits per heavy atom. The molecule has 0 bridgehead atoms. The molecule has 3 rings (SSSR count). The SMILES string of the molecule is O=C(/C=C/c1cnn(-c2ccccc2)c1)Oc1ccccc1Cl. The maximum absolute atomic E-state index is 11.8. The van der Waals surface area contributed by atoms with Crippen molar-refractivity contribution >= 4 is 23.6 Å². The molecule has 114 valence electrons. The van der Waals surface area contributed by atoms with Crippen LogP contribution in [-0.4, -0.2) is 15.7 Å². The predicted molar refractivity (Wildman–Crippen MR) is 89.7 cm³/mol. The van der Waals surface area contributed by atoms with Crippen LogP contribution >= 0.6 is 11.6 Å². The van der Waals surface area contributed by atoms with Gasteiger partial charge in [-0.25, -0.2) is 9.48 Å². The molecular formula is C18H13ClN2O2. The smallest absolute Gasteiger partial charge is 0.336 e. The van der Waals surface area contributed by atoms with E-state index in [-0.39, 0.29) is 0 Å². The number of hydrogen-bond acceptors (Lipinski definition) is 3. The summed E-state index contributed by atoms with van der Waals surface area (Å²) in [5.41, 5.74) is 1.75. The molecule has 3 aromatic rings. The van der Waals surface area contributed by atoms with Crippen molar-refractivity contribution < 1.29 is 9.53 Å². The minimum absolute atomic E-state index is 0.337. The second kappa shape index (κ2) is 6.94. The zero-order valence-corrected chi connectivity index (χ0v) is 12.9. The van der Waals surface area contributed by atoms with Crippen molar-refractivity contribution in [3.63, 3.8) is 0 Å². The number of ether oxygens (including phenoxy) is 1.